The molecular weight excluding hydrogens is 435 g/mol. The fourth-order valence-electron chi connectivity index (χ4n) is 4.03. The summed E-state index contributed by atoms with van der Waals surface area (Å²) in [6.45, 7) is 1.94. The number of thiol groups is 1. The normalized spacial score (nSPS) is 15.2. The molecule has 1 atom stereocenters. The molecule has 1 aliphatic heterocycles. The monoisotopic (exact) mass is 458 g/mol. The van der Waals surface area contributed by atoms with E-state index in [9.17, 15) is 24.2 Å². The van der Waals surface area contributed by atoms with Gasteiger partial charge in [-0.3, -0.25) is 4.79 Å². The largest absolute Gasteiger partial charge is 0.477 e. The zero-order chi connectivity index (χ0) is 22.8. The number of anilines is 1. The average molecular weight is 459 g/mol. The number of aliphatic hydroxyl groups excluding tert-OH is 1. The number of pyridine rings is 1. The fraction of sp³-hybridized carbons (Fsp3) is 0.304. The predicted molar refractivity (Wildman–Crippen MR) is 122 cm³/mol. The molecule has 7 nitrogen and oxygen atoms in total. The van der Waals surface area contributed by atoms with Crippen molar-refractivity contribution in [3.8, 4) is 0 Å². The minimum absolute atomic E-state index is 0.0148. The van der Waals surface area contributed by atoms with Gasteiger partial charge in [-0.1, -0.05) is 12.1 Å². The van der Waals surface area contributed by atoms with Gasteiger partial charge >= 0.3 is 5.97 Å². The molecule has 0 saturated carbocycles. The molecule has 0 radical (unpaired) electrons. The Bertz CT molecular complexity index is 1220. The van der Waals surface area contributed by atoms with E-state index in [1.165, 1.54) is 6.20 Å². The third-order valence-electron chi connectivity index (χ3n) is 5.71. The first-order valence-corrected chi connectivity index (χ1v) is 10.7. The number of halogens is 1. The molecule has 1 unspecified atom stereocenters. The van der Waals surface area contributed by atoms with Crippen molar-refractivity contribution in [2.75, 3.05) is 37.8 Å². The highest BCUT2D eigenvalue weighted by Crippen LogP contribution is 2.28. The molecule has 2 heterocycles. The van der Waals surface area contributed by atoms with E-state index in [1.807, 2.05) is 29.2 Å². The van der Waals surface area contributed by atoms with Crippen LogP contribution in [0.25, 0.3) is 10.9 Å². The summed E-state index contributed by atoms with van der Waals surface area (Å²) in [4.78, 5) is 27.0. The van der Waals surface area contributed by atoms with Gasteiger partial charge in [0.05, 0.1) is 31.0 Å². The first kappa shape index (κ1) is 22.3. The smallest absolute Gasteiger partial charge is 0.341 e. The van der Waals surface area contributed by atoms with Gasteiger partial charge in [-0.05, 0) is 29.8 Å². The van der Waals surface area contributed by atoms with Crippen LogP contribution >= 0.6 is 12.6 Å². The van der Waals surface area contributed by atoms with Crippen molar-refractivity contribution in [1.82, 2.24) is 4.57 Å². The highest BCUT2D eigenvalue weighted by Gasteiger charge is 2.22. The van der Waals surface area contributed by atoms with Gasteiger partial charge in [-0.15, -0.1) is 12.6 Å². The van der Waals surface area contributed by atoms with Crippen LogP contribution in [-0.2, 0) is 11.3 Å². The van der Waals surface area contributed by atoms with Crippen LogP contribution < -0.4 is 10.3 Å². The van der Waals surface area contributed by atoms with Gasteiger partial charge in [-0.25, -0.2) is 9.18 Å². The number of morpholine rings is 1. The highest BCUT2D eigenvalue weighted by atomic mass is 32.1. The molecule has 32 heavy (non-hydrogen) atoms. The lowest BCUT2D eigenvalue weighted by Crippen LogP contribution is -2.36. The Hall–Kier alpha value is -2.88. The molecule has 1 aliphatic rings. The van der Waals surface area contributed by atoms with E-state index in [-0.39, 0.29) is 24.5 Å². The standard InChI is InChI=1S/C23H23FN2O5S/c24-19-9-17-20(10-21(19)25-4-6-31-7-5-25)26(12-18(22(17)28)23(29)30)11-15(13-27)14-2-1-3-16(32)8-14/h1-3,8-10,12,15,27,32H,4-7,11,13H2,(H,29,30). The number of hydrogen-bond acceptors (Lipinski definition) is 6. The summed E-state index contributed by atoms with van der Waals surface area (Å²) < 4.78 is 21.9. The van der Waals surface area contributed by atoms with E-state index < -0.39 is 22.8 Å². The van der Waals surface area contributed by atoms with Crippen LogP contribution in [0.1, 0.15) is 21.8 Å². The van der Waals surface area contributed by atoms with Crippen LogP contribution in [0.15, 0.2) is 52.3 Å². The lowest BCUT2D eigenvalue weighted by atomic mass is 9.99. The van der Waals surface area contributed by atoms with Crippen LogP contribution in [0.5, 0.6) is 0 Å². The van der Waals surface area contributed by atoms with Crippen molar-refractivity contribution in [1.29, 1.82) is 0 Å². The SMILES string of the molecule is O=C(O)c1cn(CC(CO)c2cccc(S)c2)c2cc(N3CCOCC3)c(F)cc2c1=O. The van der Waals surface area contributed by atoms with Crippen molar-refractivity contribution in [3.05, 3.63) is 69.8 Å². The molecule has 3 aromatic rings. The molecule has 168 valence electrons. The molecule has 0 bridgehead atoms. The average Bonchev–Trinajstić information content (AvgIpc) is 2.79. The summed E-state index contributed by atoms with van der Waals surface area (Å²) in [6, 6.07) is 9.99. The van der Waals surface area contributed by atoms with E-state index in [0.29, 0.717) is 37.5 Å². The van der Waals surface area contributed by atoms with Gasteiger partial charge in [-0.2, -0.15) is 0 Å². The molecule has 1 saturated heterocycles. The molecule has 4 rings (SSSR count). The minimum atomic E-state index is -1.39. The van der Waals surface area contributed by atoms with Gasteiger partial charge in [0.25, 0.3) is 0 Å². The summed E-state index contributed by atoms with van der Waals surface area (Å²) in [5, 5.41) is 19.6. The Morgan fingerprint density at radius 3 is 2.62 bits per heavy atom. The van der Waals surface area contributed by atoms with Crippen molar-refractivity contribution >= 4 is 35.2 Å². The van der Waals surface area contributed by atoms with Gasteiger partial charge in [0.2, 0.25) is 5.43 Å². The minimum Gasteiger partial charge on any atom is -0.477 e. The van der Waals surface area contributed by atoms with Crippen LogP contribution in [0.2, 0.25) is 0 Å². The van der Waals surface area contributed by atoms with Gasteiger partial charge < -0.3 is 24.4 Å². The summed E-state index contributed by atoms with van der Waals surface area (Å²) in [7, 11) is 0. The first-order chi connectivity index (χ1) is 15.4. The number of aliphatic hydroxyl groups is 1. The fourth-order valence-corrected chi connectivity index (χ4v) is 4.27. The van der Waals surface area contributed by atoms with Gasteiger partial charge in [0, 0.05) is 42.0 Å². The third kappa shape index (κ3) is 4.36. The first-order valence-electron chi connectivity index (χ1n) is 10.2. The highest BCUT2D eigenvalue weighted by molar-refractivity contribution is 7.80. The Labute approximate surface area is 189 Å². The molecule has 1 aromatic heterocycles. The molecule has 0 spiro atoms. The lowest BCUT2D eigenvalue weighted by Gasteiger charge is -2.29. The number of aromatic nitrogens is 1. The van der Waals surface area contributed by atoms with Crippen molar-refractivity contribution < 1.29 is 24.1 Å². The maximum atomic E-state index is 15.0. The van der Waals surface area contributed by atoms with E-state index >= 15 is 0 Å². The number of nitrogens with zero attached hydrogens (tertiary/aromatic N) is 2. The zero-order valence-corrected chi connectivity index (χ0v) is 18.1. The molecule has 1 fully saturated rings. The van der Waals surface area contributed by atoms with Crippen molar-refractivity contribution in [2.45, 2.75) is 17.4 Å². The number of rotatable bonds is 6. The molecule has 2 N–H and O–H groups in total. The molecule has 2 aromatic carbocycles. The number of aromatic carboxylic acids is 1. The maximum absolute atomic E-state index is 15.0. The van der Waals surface area contributed by atoms with E-state index in [0.717, 1.165) is 16.5 Å². The predicted octanol–water partition coefficient (Wildman–Crippen LogP) is 2.74. The van der Waals surface area contributed by atoms with Crippen LogP contribution in [0.4, 0.5) is 10.1 Å². The van der Waals surface area contributed by atoms with Crippen molar-refractivity contribution in [3.63, 3.8) is 0 Å². The molecule has 0 amide bonds. The third-order valence-corrected chi connectivity index (χ3v) is 5.99. The van der Waals surface area contributed by atoms with Crippen LogP contribution in [-0.4, -0.2) is 53.7 Å². The van der Waals surface area contributed by atoms with Crippen LogP contribution in [0.3, 0.4) is 0 Å². The molecule has 9 heteroatoms. The Kier molecular flexibility index (Phi) is 6.50. The number of hydrogen-bond donors (Lipinski definition) is 3. The Morgan fingerprint density at radius 2 is 1.97 bits per heavy atom. The zero-order valence-electron chi connectivity index (χ0n) is 17.2. The second kappa shape index (κ2) is 9.32. The second-order valence-electron chi connectivity index (χ2n) is 7.72. The summed E-state index contributed by atoms with van der Waals surface area (Å²) >= 11 is 4.35. The van der Waals surface area contributed by atoms with Crippen molar-refractivity contribution in [2.24, 2.45) is 0 Å². The Balaban J connectivity index is 1.87. The summed E-state index contributed by atoms with van der Waals surface area (Å²) in [6.07, 6.45) is 1.27. The van der Waals surface area contributed by atoms with Gasteiger partial charge in [0.15, 0.2) is 0 Å². The number of carbonyl (C=O) groups is 1. The number of benzene rings is 2. The number of carboxylic acids is 1. The van der Waals surface area contributed by atoms with Crippen LogP contribution in [0, 0.1) is 5.82 Å². The topological polar surface area (TPSA) is 92.0 Å². The maximum Gasteiger partial charge on any atom is 0.341 e. The number of fused-ring (bicyclic) bond motifs is 1. The number of ether oxygens (including phenoxy) is 1. The Morgan fingerprint density at radius 1 is 1.22 bits per heavy atom. The van der Waals surface area contributed by atoms with Gasteiger partial charge in [0.1, 0.15) is 11.4 Å². The lowest BCUT2D eigenvalue weighted by molar-refractivity contribution is 0.0694. The van der Waals surface area contributed by atoms with E-state index in [4.69, 9.17) is 4.74 Å². The summed E-state index contributed by atoms with van der Waals surface area (Å²) in [5.74, 6) is -2.36. The quantitative estimate of drug-likeness (QED) is 0.492. The number of carboxylic acid groups (broad SMARTS) is 1. The van der Waals surface area contributed by atoms with E-state index in [1.54, 1.807) is 10.6 Å². The summed E-state index contributed by atoms with van der Waals surface area (Å²) in [5.41, 5.74) is 0.363. The molecule has 0 aliphatic carbocycles. The van der Waals surface area contributed by atoms with E-state index in [2.05, 4.69) is 12.6 Å². The molecular formula is C23H23FN2O5S. The second-order valence-corrected chi connectivity index (χ2v) is 8.24.